The maximum Gasteiger partial charge on any atom is 0.288 e. The lowest BCUT2D eigenvalue weighted by molar-refractivity contribution is 0.0938. The Morgan fingerprint density at radius 3 is 2.68 bits per heavy atom. The van der Waals surface area contributed by atoms with Crippen LogP contribution in [0, 0.1) is 13.8 Å². The van der Waals surface area contributed by atoms with Crippen LogP contribution in [0.15, 0.2) is 45.6 Å². The summed E-state index contributed by atoms with van der Waals surface area (Å²) in [5, 5.41) is 3.39. The van der Waals surface area contributed by atoms with Crippen molar-refractivity contribution in [1.29, 1.82) is 0 Å². The minimum Gasteiger partial charge on any atom is -0.494 e. The maximum absolute atomic E-state index is 13.2. The Kier molecular flexibility index (Phi) is 4.67. The third-order valence-corrected chi connectivity index (χ3v) is 5.27. The van der Waals surface area contributed by atoms with Gasteiger partial charge in [0.1, 0.15) is 11.3 Å². The molecule has 0 saturated heterocycles. The molecule has 0 spiro atoms. The first kappa shape index (κ1) is 18.3. The number of benzene rings is 2. The number of nitrogens with one attached hydrogen (secondary N) is 1. The number of amides is 1. The quantitative estimate of drug-likeness (QED) is 0.668. The molecule has 0 saturated carbocycles. The Labute approximate surface area is 163 Å². The summed E-state index contributed by atoms with van der Waals surface area (Å²) in [5.41, 5.74) is 3.48. The molecular weight excluding hydrogens is 354 g/mol. The lowest BCUT2D eigenvalue weighted by atomic mass is 9.98. The number of fused-ring (bicyclic) bond motifs is 2. The average molecular weight is 377 g/mol. The van der Waals surface area contributed by atoms with Gasteiger partial charge in [0.2, 0.25) is 5.76 Å². The van der Waals surface area contributed by atoms with Crippen molar-refractivity contribution < 1.29 is 13.9 Å². The molecule has 2 heterocycles. The SMILES string of the molecule is CCCCOc1cccc(C2NC(=O)c3oc4cc(C)c(C)cc4c(=O)c32)c1. The summed E-state index contributed by atoms with van der Waals surface area (Å²) in [7, 11) is 0. The van der Waals surface area contributed by atoms with Crippen molar-refractivity contribution in [2.75, 3.05) is 6.61 Å². The third kappa shape index (κ3) is 3.07. The summed E-state index contributed by atoms with van der Waals surface area (Å²) in [6.07, 6.45) is 2.03. The molecule has 1 N–H and O–H groups in total. The molecule has 5 heteroatoms. The number of hydrogen-bond donors (Lipinski definition) is 1. The number of hydrogen-bond acceptors (Lipinski definition) is 4. The standard InChI is InChI=1S/C23H23NO4/c1-4-5-9-27-16-8-6-7-15(12-16)20-19-21(25)17-10-13(2)14(3)11-18(17)28-22(19)23(26)24-20/h6-8,10-12,20H,4-5,9H2,1-3H3,(H,24,26). The van der Waals surface area contributed by atoms with Gasteiger partial charge in [0.25, 0.3) is 5.91 Å². The fraction of sp³-hybridized carbons (Fsp3) is 0.304. The van der Waals surface area contributed by atoms with Crippen molar-refractivity contribution in [2.24, 2.45) is 0 Å². The van der Waals surface area contributed by atoms with Crippen LogP contribution in [0.2, 0.25) is 0 Å². The van der Waals surface area contributed by atoms with E-state index in [-0.39, 0.29) is 17.1 Å². The summed E-state index contributed by atoms with van der Waals surface area (Å²) in [6, 6.07) is 10.6. The minimum atomic E-state index is -0.542. The van der Waals surface area contributed by atoms with Gasteiger partial charge in [-0.2, -0.15) is 0 Å². The van der Waals surface area contributed by atoms with Gasteiger partial charge in [0.05, 0.1) is 23.6 Å². The molecule has 1 aliphatic heterocycles. The predicted octanol–water partition coefficient (Wildman–Crippen LogP) is 4.42. The zero-order chi connectivity index (χ0) is 19.8. The average Bonchev–Trinajstić information content (AvgIpc) is 3.01. The normalized spacial score (nSPS) is 15.5. The van der Waals surface area contributed by atoms with Crippen LogP contribution in [0.5, 0.6) is 5.75 Å². The van der Waals surface area contributed by atoms with Gasteiger partial charge in [-0.25, -0.2) is 0 Å². The molecule has 0 fully saturated rings. The van der Waals surface area contributed by atoms with Crippen molar-refractivity contribution in [3.05, 3.63) is 74.6 Å². The van der Waals surface area contributed by atoms with Crippen LogP contribution < -0.4 is 15.5 Å². The summed E-state index contributed by atoms with van der Waals surface area (Å²) in [5.74, 6) is 0.461. The molecule has 1 unspecified atom stereocenters. The molecule has 5 nitrogen and oxygen atoms in total. The molecule has 2 aromatic carbocycles. The number of unbranched alkanes of at least 4 members (excludes halogenated alkanes) is 1. The van der Waals surface area contributed by atoms with E-state index in [9.17, 15) is 9.59 Å². The van der Waals surface area contributed by atoms with Crippen LogP contribution in [-0.4, -0.2) is 12.5 Å². The Balaban J connectivity index is 1.80. The van der Waals surface area contributed by atoms with Crippen molar-refractivity contribution in [3.63, 3.8) is 0 Å². The van der Waals surface area contributed by atoms with Gasteiger partial charge < -0.3 is 14.5 Å². The molecule has 28 heavy (non-hydrogen) atoms. The molecular formula is C23H23NO4. The summed E-state index contributed by atoms with van der Waals surface area (Å²) >= 11 is 0. The van der Waals surface area contributed by atoms with Crippen molar-refractivity contribution in [3.8, 4) is 5.75 Å². The highest BCUT2D eigenvalue weighted by Crippen LogP contribution is 2.32. The van der Waals surface area contributed by atoms with Crippen LogP contribution in [0.25, 0.3) is 11.0 Å². The Hall–Kier alpha value is -3.08. The summed E-state index contributed by atoms with van der Waals surface area (Å²) < 4.78 is 11.6. The van der Waals surface area contributed by atoms with Crippen LogP contribution in [0.4, 0.5) is 0 Å². The van der Waals surface area contributed by atoms with Crippen LogP contribution in [-0.2, 0) is 0 Å². The zero-order valence-corrected chi connectivity index (χ0v) is 16.3. The van der Waals surface area contributed by atoms with Crippen LogP contribution >= 0.6 is 0 Å². The highest BCUT2D eigenvalue weighted by Gasteiger charge is 2.36. The smallest absolute Gasteiger partial charge is 0.288 e. The first-order valence-electron chi connectivity index (χ1n) is 9.61. The van der Waals surface area contributed by atoms with Crippen molar-refractivity contribution in [1.82, 2.24) is 5.32 Å². The first-order valence-corrected chi connectivity index (χ1v) is 9.61. The second-order valence-corrected chi connectivity index (χ2v) is 7.29. The predicted molar refractivity (Wildman–Crippen MR) is 108 cm³/mol. The Morgan fingerprint density at radius 2 is 1.89 bits per heavy atom. The molecule has 1 aromatic heterocycles. The molecule has 0 bridgehead atoms. The lowest BCUT2D eigenvalue weighted by Gasteiger charge is -2.14. The van der Waals surface area contributed by atoms with Crippen LogP contribution in [0.1, 0.15) is 58.6 Å². The zero-order valence-electron chi connectivity index (χ0n) is 16.3. The lowest BCUT2D eigenvalue weighted by Crippen LogP contribution is -2.22. The fourth-order valence-corrected chi connectivity index (χ4v) is 3.53. The van der Waals surface area contributed by atoms with Crippen molar-refractivity contribution >= 4 is 16.9 Å². The van der Waals surface area contributed by atoms with Crippen LogP contribution in [0.3, 0.4) is 0 Å². The minimum absolute atomic E-state index is 0.100. The molecule has 1 aliphatic rings. The second-order valence-electron chi connectivity index (χ2n) is 7.29. The molecule has 1 atom stereocenters. The molecule has 144 valence electrons. The van der Waals surface area contributed by atoms with E-state index >= 15 is 0 Å². The van der Waals surface area contributed by atoms with E-state index in [2.05, 4.69) is 12.2 Å². The van der Waals surface area contributed by atoms with E-state index in [0.29, 0.717) is 23.1 Å². The maximum atomic E-state index is 13.2. The van der Waals surface area contributed by atoms with Gasteiger partial charge in [0.15, 0.2) is 5.43 Å². The number of carbonyl (C=O) groups is 1. The van der Waals surface area contributed by atoms with E-state index in [4.69, 9.17) is 9.15 Å². The molecule has 4 rings (SSSR count). The van der Waals surface area contributed by atoms with Gasteiger partial charge in [-0.1, -0.05) is 25.5 Å². The van der Waals surface area contributed by atoms with E-state index < -0.39 is 6.04 Å². The number of aryl methyl sites for hydroxylation is 2. The van der Waals surface area contributed by atoms with Gasteiger partial charge in [0, 0.05) is 0 Å². The topological polar surface area (TPSA) is 68.5 Å². The Morgan fingerprint density at radius 1 is 1.11 bits per heavy atom. The summed E-state index contributed by atoms with van der Waals surface area (Å²) in [4.78, 5) is 25.7. The van der Waals surface area contributed by atoms with Gasteiger partial charge in [-0.15, -0.1) is 0 Å². The second kappa shape index (κ2) is 7.15. The first-order chi connectivity index (χ1) is 13.5. The highest BCUT2D eigenvalue weighted by atomic mass is 16.5. The molecule has 3 aromatic rings. The fourth-order valence-electron chi connectivity index (χ4n) is 3.53. The number of carbonyl (C=O) groups excluding carboxylic acids is 1. The molecule has 0 radical (unpaired) electrons. The molecule has 0 aliphatic carbocycles. The van der Waals surface area contributed by atoms with E-state index in [1.54, 1.807) is 0 Å². The van der Waals surface area contributed by atoms with E-state index in [1.165, 1.54) is 0 Å². The number of ether oxygens (including phenoxy) is 1. The van der Waals surface area contributed by atoms with Gasteiger partial charge in [-0.05, 0) is 61.2 Å². The number of rotatable bonds is 5. The molecule has 1 amide bonds. The largest absolute Gasteiger partial charge is 0.494 e. The van der Waals surface area contributed by atoms with E-state index in [0.717, 1.165) is 35.3 Å². The third-order valence-electron chi connectivity index (χ3n) is 5.27. The van der Waals surface area contributed by atoms with Gasteiger partial charge >= 0.3 is 0 Å². The Bertz CT molecular complexity index is 1130. The van der Waals surface area contributed by atoms with E-state index in [1.807, 2.05) is 50.2 Å². The van der Waals surface area contributed by atoms with Gasteiger partial charge in [-0.3, -0.25) is 9.59 Å². The highest BCUT2D eigenvalue weighted by molar-refractivity contribution is 5.99. The van der Waals surface area contributed by atoms with Crippen molar-refractivity contribution in [2.45, 2.75) is 39.7 Å². The summed E-state index contributed by atoms with van der Waals surface area (Å²) in [6.45, 7) is 6.66. The monoisotopic (exact) mass is 377 g/mol.